The fraction of sp³-hybridized carbons (Fsp3) is 0.297. The number of hydrogen-bond acceptors (Lipinski definition) is 4. The van der Waals surface area contributed by atoms with Crippen molar-refractivity contribution in [3.05, 3.63) is 130 Å². The third kappa shape index (κ3) is 8.60. The molecule has 7 nitrogen and oxygen atoms in total. The van der Waals surface area contributed by atoms with Gasteiger partial charge in [0.2, 0.25) is 11.8 Å². The molecular weight excluding hydrogens is 582 g/mol. The molecule has 4 aromatic carbocycles. The van der Waals surface area contributed by atoms with Gasteiger partial charge in [0.1, 0.15) is 12.6 Å². The lowest BCUT2D eigenvalue weighted by atomic mass is 10.0. The van der Waals surface area contributed by atoms with E-state index in [0.717, 1.165) is 37.7 Å². The van der Waals surface area contributed by atoms with Crippen molar-refractivity contribution in [3.63, 3.8) is 0 Å². The molecule has 1 atom stereocenters. The van der Waals surface area contributed by atoms with E-state index in [9.17, 15) is 18.0 Å². The summed E-state index contributed by atoms with van der Waals surface area (Å²) in [5.74, 6) is -0.780. The van der Waals surface area contributed by atoms with Crippen LogP contribution in [-0.2, 0) is 32.6 Å². The zero-order valence-electron chi connectivity index (χ0n) is 26.9. The highest BCUT2D eigenvalue weighted by atomic mass is 32.2. The van der Waals surface area contributed by atoms with Gasteiger partial charge >= 0.3 is 0 Å². The first-order valence-electron chi connectivity index (χ1n) is 15.2. The summed E-state index contributed by atoms with van der Waals surface area (Å²) in [4.78, 5) is 30.0. The maximum atomic E-state index is 14.5. The smallest absolute Gasteiger partial charge is 0.264 e. The Morgan fingerprint density at radius 3 is 1.91 bits per heavy atom. The van der Waals surface area contributed by atoms with Crippen LogP contribution in [-0.4, -0.2) is 43.8 Å². The minimum atomic E-state index is -4.15. The summed E-state index contributed by atoms with van der Waals surface area (Å²) in [6.45, 7) is 11.1. The summed E-state index contributed by atoms with van der Waals surface area (Å²) in [6, 6.07) is 28.2. The second-order valence-electron chi connectivity index (χ2n) is 12.0. The van der Waals surface area contributed by atoms with E-state index in [1.165, 1.54) is 4.90 Å². The van der Waals surface area contributed by atoms with Crippen LogP contribution in [0.25, 0.3) is 0 Å². The first kappa shape index (κ1) is 33.5. The summed E-state index contributed by atoms with van der Waals surface area (Å²) < 4.78 is 29.6. The van der Waals surface area contributed by atoms with Crippen molar-refractivity contribution in [2.45, 2.75) is 71.5 Å². The monoisotopic (exact) mass is 625 g/mol. The van der Waals surface area contributed by atoms with Crippen LogP contribution in [0.2, 0.25) is 0 Å². The van der Waals surface area contributed by atoms with Crippen molar-refractivity contribution in [2.75, 3.05) is 10.8 Å². The van der Waals surface area contributed by atoms with Crippen LogP contribution in [0.1, 0.15) is 47.2 Å². The van der Waals surface area contributed by atoms with Crippen molar-refractivity contribution in [2.24, 2.45) is 0 Å². The lowest BCUT2D eigenvalue weighted by molar-refractivity contribution is -0.140. The fourth-order valence-corrected chi connectivity index (χ4v) is 6.48. The Hall–Kier alpha value is -4.43. The molecule has 0 saturated heterocycles. The predicted octanol–water partition coefficient (Wildman–Crippen LogP) is 6.28. The van der Waals surface area contributed by atoms with E-state index in [4.69, 9.17) is 0 Å². The van der Waals surface area contributed by atoms with Crippen molar-refractivity contribution >= 4 is 27.5 Å². The number of nitrogens with zero attached hydrogens (tertiary/aromatic N) is 2. The molecule has 0 aliphatic heterocycles. The molecule has 0 fully saturated rings. The van der Waals surface area contributed by atoms with Gasteiger partial charge in [-0.1, -0.05) is 83.9 Å². The van der Waals surface area contributed by atoms with E-state index >= 15 is 0 Å². The van der Waals surface area contributed by atoms with Gasteiger partial charge in [0.05, 0.1) is 10.6 Å². The van der Waals surface area contributed by atoms with Crippen LogP contribution in [0.4, 0.5) is 5.69 Å². The number of nitrogens with one attached hydrogen (secondary N) is 1. The van der Waals surface area contributed by atoms with E-state index in [1.807, 2.05) is 102 Å². The molecule has 0 bridgehead atoms. The van der Waals surface area contributed by atoms with E-state index in [-0.39, 0.29) is 29.8 Å². The van der Waals surface area contributed by atoms with Gasteiger partial charge in [-0.05, 0) is 88.1 Å². The normalized spacial score (nSPS) is 12.1. The van der Waals surface area contributed by atoms with Crippen molar-refractivity contribution < 1.29 is 18.0 Å². The summed E-state index contributed by atoms with van der Waals surface area (Å²) in [5, 5.41) is 2.99. The highest BCUT2D eigenvalue weighted by molar-refractivity contribution is 7.92. The van der Waals surface area contributed by atoms with Crippen molar-refractivity contribution in [1.29, 1.82) is 0 Å². The van der Waals surface area contributed by atoms with Gasteiger partial charge in [-0.2, -0.15) is 0 Å². The zero-order valence-corrected chi connectivity index (χ0v) is 27.8. The Balaban J connectivity index is 1.82. The number of carbonyl (C=O) groups excluding carboxylic acids is 2. The molecule has 2 amide bonds. The van der Waals surface area contributed by atoms with Crippen LogP contribution in [0.15, 0.2) is 102 Å². The third-order valence-electron chi connectivity index (χ3n) is 7.84. The van der Waals surface area contributed by atoms with Crippen molar-refractivity contribution in [3.8, 4) is 0 Å². The number of rotatable bonds is 12. The molecule has 4 rings (SSSR count). The van der Waals surface area contributed by atoms with Gasteiger partial charge in [-0.25, -0.2) is 8.42 Å². The van der Waals surface area contributed by atoms with Gasteiger partial charge in [0.25, 0.3) is 10.0 Å². The predicted molar refractivity (Wildman–Crippen MR) is 181 cm³/mol. The Morgan fingerprint density at radius 2 is 1.33 bits per heavy atom. The summed E-state index contributed by atoms with van der Waals surface area (Å²) >= 11 is 0. The molecule has 4 aromatic rings. The maximum Gasteiger partial charge on any atom is 0.264 e. The topological polar surface area (TPSA) is 86.8 Å². The Labute approximate surface area is 268 Å². The zero-order chi connectivity index (χ0) is 32.7. The molecule has 45 heavy (non-hydrogen) atoms. The van der Waals surface area contributed by atoms with Crippen LogP contribution < -0.4 is 9.62 Å². The first-order chi connectivity index (χ1) is 21.3. The molecule has 0 aromatic heterocycles. The molecule has 0 aliphatic rings. The highest BCUT2D eigenvalue weighted by Gasteiger charge is 2.35. The second kappa shape index (κ2) is 14.6. The Kier molecular flexibility index (Phi) is 10.8. The molecule has 0 radical (unpaired) electrons. The minimum absolute atomic E-state index is 0.0857. The highest BCUT2D eigenvalue weighted by Crippen LogP contribution is 2.27. The molecule has 0 spiro atoms. The first-order valence-corrected chi connectivity index (χ1v) is 16.6. The molecule has 0 saturated carbocycles. The summed E-state index contributed by atoms with van der Waals surface area (Å²) in [6.07, 6.45) is 0.269. The molecule has 0 unspecified atom stereocenters. The van der Waals surface area contributed by atoms with Gasteiger partial charge < -0.3 is 10.2 Å². The lowest BCUT2D eigenvalue weighted by Crippen LogP contribution is -2.54. The standard InChI is InChI=1S/C37H43N3O4S/c1-26(2)38-37(42)35(23-31-10-8-7-9-11-31)39(24-32-17-12-27(3)13-18-32)36(41)25-40(33-19-16-29(5)30(6)22-33)45(43,44)34-20-14-28(4)15-21-34/h7-22,26,35H,23-25H2,1-6H3,(H,38,42)/t35-/m1/s1. The summed E-state index contributed by atoms with van der Waals surface area (Å²) in [7, 11) is -4.15. The quantitative estimate of drug-likeness (QED) is 0.201. The summed E-state index contributed by atoms with van der Waals surface area (Å²) in [5.41, 5.74) is 6.01. The van der Waals surface area contributed by atoms with Gasteiger partial charge in [0.15, 0.2) is 0 Å². The molecule has 236 valence electrons. The van der Waals surface area contributed by atoms with Crippen LogP contribution in [0.3, 0.4) is 0 Å². The molecule has 0 heterocycles. The molecule has 8 heteroatoms. The average molecular weight is 626 g/mol. The number of amides is 2. The number of carbonyl (C=O) groups is 2. The largest absolute Gasteiger partial charge is 0.352 e. The number of benzene rings is 4. The number of sulfonamides is 1. The van der Waals surface area contributed by atoms with E-state index in [2.05, 4.69) is 5.32 Å². The molecule has 1 N–H and O–H groups in total. The van der Waals surface area contributed by atoms with Crippen LogP contribution in [0, 0.1) is 27.7 Å². The third-order valence-corrected chi connectivity index (χ3v) is 9.63. The van der Waals surface area contributed by atoms with Crippen molar-refractivity contribution in [1.82, 2.24) is 10.2 Å². The Morgan fingerprint density at radius 1 is 0.733 bits per heavy atom. The molecule has 0 aliphatic carbocycles. The van der Waals surface area contributed by atoms with E-state index < -0.39 is 28.5 Å². The molecular formula is C37H43N3O4S. The SMILES string of the molecule is Cc1ccc(CN(C(=O)CN(c2ccc(C)c(C)c2)S(=O)(=O)c2ccc(C)cc2)[C@H](Cc2ccccc2)C(=O)NC(C)C)cc1. The minimum Gasteiger partial charge on any atom is -0.352 e. The second-order valence-corrected chi connectivity index (χ2v) is 13.8. The van der Waals surface area contributed by atoms with Gasteiger partial charge in [0, 0.05) is 19.0 Å². The fourth-order valence-electron chi connectivity index (χ4n) is 5.07. The van der Waals surface area contributed by atoms with Gasteiger partial charge in [-0.3, -0.25) is 13.9 Å². The lowest BCUT2D eigenvalue weighted by Gasteiger charge is -2.34. The Bertz CT molecular complexity index is 1720. The number of hydrogen-bond donors (Lipinski definition) is 1. The maximum absolute atomic E-state index is 14.5. The van der Waals surface area contributed by atoms with E-state index in [0.29, 0.717) is 5.69 Å². The van der Waals surface area contributed by atoms with Gasteiger partial charge in [-0.15, -0.1) is 0 Å². The average Bonchev–Trinajstić information content (AvgIpc) is 3.00. The van der Waals surface area contributed by atoms with E-state index in [1.54, 1.807) is 36.4 Å². The van der Waals surface area contributed by atoms with Crippen LogP contribution in [0.5, 0.6) is 0 Å². The van der Waals surface area contributed by atoms with Crippen LogP contribution >= 0.6 is 0 Å². The number of aryl methyl sites for hydroxylation is 4. The number of anilines is 1.